The molecular weight excluding hydrogens is 364 g/mol. The lowest BCUT2D eigenvalue weighted by molar-refractivity contribution is -0.130. The molecule has 6 nitrogen and oxygen atoms in total. The molecule has 0 atom stereocenters. The first-order chi connectivity index (χ1) is 14.0. The maximum absolute atomic E-state index is 12.6. The number of amides is 2. The van der Waals surface area contributed by atoms with Crippen LogP contribution in [0.15, 0.2) is 60.8 Å². The largest absolute Gasteiger partial charge is 0.343 e. The van der Waals surface area contributed by atoms with Crippen molar-refractivity contribution in [3.8, 4) is 5.69 Å². The molecule has 3 rings (SSSR count). The van der Waals surface area contributed by atoms with Crippen LogP contribution in [0.5, 0.6) is 0 Å². The zero-order valence-electron chi connectivity index (χ0n) is 17.1. The van der Waals surface area contributed by atoms with Crippen LogP contribution in [-0.4, -0.2) is 39.6 Å². The van der Waals surface area contributed by atoms with Crippen molar-refractivity contribution in [1.29, 1.82) is 0 Å². The van der Waals surface area contributed by atoms with E-state index in [1.807, 2.05) is 75.4 Å². The smallest absolute Gasteiger partial charge is 0.255 e. The molecule has 3 aromatic rings. The third-order valence-electron chi connectivity index (χ3n) is 4.95. The van der Waals surface area contributed by atoms with Crippen LogP contribution in [0.2, 0.25) is 0 Å². The molecular formula is C23H26N4O2. The number of rotatable bonds is 7. The van der Waals surface area contributed by atoms with E-state index in [0.29, 0.717) is 18.7 Å². The second kappa shape index (κ2) is 9.19. The van der Waals surface area contributed by atoms with E-state index < -0.39 is 0 Å². The summed E-state index contributed by atoms with van der Waals surface area (Å²) in [4.78, 5) is 26.9. The zero-order chi connectivity index (χ0) is 20.8. The van der Waals surface area contributed by atoms with Crippen molar-refractivity contribution >= 4 is 11.8 Å². The molecule has 0 aliphatic carbocycles. The molecule has 0 aliphatic rings. The highest BCUT2D eigenvalue weighted by Crippen LogP contribution is 2.17. The molecule has 1 N–H and O–H groups in total. The third-order valence-corrected chi connectivity index (χ3v) is 4.95. The fourth-order valence-electron chi connectivity index (χ4n) is 3.22. The number of hydrogen-bond acceptors (Lipinski definition) is 3. The Hall–Kier alpha value is -3.41. The molecule has 0 saturated carbocycles. The van der Waals surface area contributed by atoms with Crippen LogP contribution in [0, 0.1) is 13.8 Å². The molecule has 1 aromatic heterocycles. The van der Waals surface area contributed by atoms with E-state index in [-0.39, 0.29) is 18.4 Å². The zero-order valence-corrected chi connectivity index (χ0v) is 17.1. The highest BCUT2D eigenvalue weighted by Gasteiger charge is 2.18. The molecule has 0 bridgehead atoms. The maximum Gasteiger partial charge on any atom is 0.255 e. The van der Waals surface area contributed by atoms with Crippen LogP contribution in [0.3, 0.4) is 0 Å². The van der Waals surface area contributed by atoms with Crippen LogP contribution in [0.4, 0.5) is 0 Å². The minimum Gasteiger partial charge on any atom is -0.343 e. The topological polar surface area (TPSA) is 67.2 Å². The molecule has 0 unspecified atom stereocenters. The van der Waals surface area contributed by atoms with E-state index >= 15 is 0 Å². The van der Waals surface area contributed by atoms with E-state index in [9.17, 15) is 9.59 Å². The lowest BCUT2D eigenvalue weighted by Crippen LogP contribution is -2.39. The van der Waals surface area contributed by atoms with Crippen molar-refractivity contribution in [3.05, 3.63) is 83.2 Å². The van der Waals surface area contributed by atoms with E-state index in [2.05, 4.69) is 10.4 Å². The van der Waals surface area contributed by atoms with Gasteiger partial charge in [0.2, 0.25) is 5.91 Å². The highest BCUT2D eigenvalue weighted by atomic mass is 16.2. The lowest BCUT2D eigenvalue weighted by atomic mass is 10.2. The van der Waals surface area contributed by atoms with E-state index in [0.717, 1.165) is 22.5 Å². The van der Waals surface area contributed by atoms with Crippen molar-refractivity contribution in [2.45, 2.75) is 27.3 Å². The number of nitrogens with zero attached hydrogens (tertiary/aromatic N) is 3. The van der Waals surface area contributed by atoms with Crippen LogP contribution in [0.1, 0.15) is 34.1 Å². The second-order valence-electron chi connectivity index (χ2n) is 6.92. The molecule has 0 fully saturated rings. The van der Waals surface area contributed by atoms with Crippen LogP contribution < -0.4 is 5.32 Å². The average Bonchev–Trinajstić information content (AvgIpc) is 3.12. The van der Waals surface area contributed by atoms with Gasteiger partial charge >= 0.3 is 0 Å². The quantitative estimate of drug-likeness (QED) is 0.673. The summed E-state index contributed by atoms with van der Waals surface area (Å²) in [6.07, 6.45) is 1.54. The van der Waals surface area contributed by atoms with Crippen molar-refractivity contribution in [1.82, 2.24) is 20.0 Å². The molecule has 2 amide bonds. The Morgan fingerprint density at radius 1 is 1.03 bits per heavy atom. The Bertz CT molecular complexity index is 995. The van der Waals surface area contributed by atoms with Crippen molar-refractivity contribution in [2.75, 3.05) is 13.1 Å². The minimum atomic E-state index is -0.300. The van der Waals surface area contributed by atoms with E-state index in [4.69, 9.17) is 0 Å². The lowest BCUT2D eigenvalue weighted by Gasteiger charge is -2.21. The van der Waals surface area contributed by atoms with Gasteiger partial charge in [-0.05, 0) is 38.0 Å². The monoisotopic (exact) mass is 390 g/mol. The summed E-state index contributed by atoms with van der Waals surface area (Å²) >= 11 is 0. The fraction of sp³-hybridized carbons (Fsp3) is 0.261. The first-order valence-electron chi connectivity index (χ1n) is 9.71. The Labute approximate surface area is 171 Å². The standard InChI is InChI=1S/C23H26N4O2/c1-4-26(16-19-11-6-5-7-12-19)22(28)15-24-23(29)20-14-25-27(18(20)3)21-13-9-8-10-17(21)2/h5-14H,4,15-16H2,1-3H3,(H,24,29). The molecule has 0 aliphatic heterocycles. The van der Waals surface area contributed by atoms with Gasteiger partial charge in [-0.3, -0.25) is 9.59 Å². The van der Waals surface area contributed by atoms with Crippen LogP contribution in [0.25, 0.3) is 5.69 Å². The third kappa shape index (κ3) is 4.71. The Morgan fingerprint density at radius 3 is 2.41 bits per heavy atom. The van der Waals surface area contributed by atoms with Crippen LogP contribution >= 0.6 is 0 Å². The number of benzene rings is 2. The number of aryl methyl sites for hydroxylation is 1. The summed E-state index contributed by atoms with van der Waals surface area (Å²) in [6.45, 7) is 6.84. The van der Waals surface area contributed by atoms with Crippen molar-refractivity contribution in [3.63, 3.8) is 0 Å². The van der Waals surface area contributed by atoms with Gasteiger partial charge in [-0.2, -0.15) is 5.10 Å². The van der Waals surface area contributed by atoms with Gasteiger partial charge in [0.15, 0.2) is 0 Å². The Balaban J connectivity index is 1.65. The first kappa shape index (κ1) is 20.3. The normalized spacial score (nSPS) is 10.6. The maximum atomic E-state index is 12.6. The summed E-state index contributed by atoms with van der Waals surface area (Å²) in [5.41, 5.74) is 4.26. The average molecular weight is 390 g/mol. The second-order valence-corrected chi connectivity index (χ2v) is 6.92. The van der Waals surface area contributed by atoms with Gasteiger partial charge in [-0.25, -0.2) is 4.68 Å². The van der Waals surface area contributed by atoms with Gasteiger partial charge in [0.05, 0.1) is 29.7 Å². The van der Waals surface area contributed by atoms with E-state index in [1.165, 1.54) is 0 Å². The Morgan fingerprint density at radius 2 is 1.72 bits per heavy atom. The molecule has 150 valence electrons. The summed E-state index contributed by atoms with van der Waals surface area (Å²) in [5.74, 6) is -0.417. The van der Waals surface area contributed by atoms with Gasteiger partial charge in [0.1, 0.15) is 0 Å². The number of aromatic nitrogens is 2. The molecule has 29 heavy (non-hydrogen) atoms. The number of para-hydroxylation sites is 1. The molecule has 6 heteroatoms. The summed E-state index contributed by atoms with van der Waals surface area (Å²) in [7, 11) is 0. The van der Waals surface area contributed by atoms with Gasteiger partial charge in [0.25, 0.3) is 5.91 Å². The molecule has 0 spiro atoms. The first-order valence-corrected chi connectivity index (χ1v) is 9.71. The molecule has 0 saturated heterocycles. The number of carbonyl (C=O) groups excluding carboxylic acids is 2. The minimum absolute atomic E-state index is 0.0471. The Kier molecular flexibility index (Phi) is 6.44. The van der Waals surface area contributed by atoms with Gasteiger partial charge in [0, 0.05) is 13.1 Å². The summed E-state index contributed by atoms with van der Waals surface area (Å²) in [5, 5.41) is 7.10. The summed E-state index contributed by atoms with van der Waals surface area (Å²) in [6, 6.07) is 17.7. The fourth-order valence-corrected chi connectivity index (χ4v) is 3.22. The molecule has 2 aromatic carbocycles. The SMILES string of the molecule is CCN(Cc1ccccc1)C(=O)CNC(=O)c1cnn(-c2ccccc2C)c1C. The molecule has 0 radical (unpaired) electrons. The summed E-state index contributed by atoms with van der Waals surface area (Å²) < 4.78 is 1.75. The number of nitrogens with one attached hydrogen (secondary N) is 1. The van der Waals surface area contributed by atoms with Crippen molar-refractivity contribution < 1.29 is 9.59 Å². The van der Waals surface area contributed by atoms with E-state index in [1.54, 1.807) is 15.8 Å². The van der Waals surface area contributed by atoms with Gasteiger partial charge < -0.3 is 10.2 Å². The van der Waals surface area contributed by atoms with Gasteiger partial charge in [-0.1, -0.05) is 48.5 Å². The number of hydrogen-bond donors (Lipinski definition) is 1. The van der Waals surface area contributed by atoms with Crippen molar-refractivity contribution in [2.24, 2.45) is 0 Å². The highest BCUT2D eigenvalue weighted by molar-refractivity contribution is 5.97. The number of carbonyl (C=O) groups is 2. The van der Waals surface area contributed by atoms with Gasteiger partial charge in [-0.15, -0.1) is 0 Å². The molecule has 1 heterocycles. The van der Waals surface area contributed by atoms with Crippen LogP contribution in [-0.2, 0) is 11.3 Å². The predicted octanol–water partition coefficient (Wildman–Crippen LogP) is 3.27. The number of likely N-dealkylation sites (N-methyl/N-ethyl adjacent to an activating group) is 1. The predicted molar refractivity (Wildman–Crippen MR) is 113 cm³/mol.